The monoisotopic (exact) mass is 307 g/mol. The van der Waals surface area contributed by atoms with Crippen molar-refractivity contribution in [2.24, 2.45) is 5.73 Å². The van der Waals surface area contributed by atoms with E-state index in [1.807, 2.05) is 6.07 Å². The normalized spacial score (nSPS) is 12.2. The van der Waals surface area contributed by atoms with Crippen molar-refractivity contribution in [1.29, 1.82) is 0 Å². The molecule has 0 radical (unpaired) electrons. The predicted molar refractivity (Wildman–Crippen MR) is 60.3 cm³/mol. The Balaban J connectivity index is 3.16. The molecule has 1 aromatic rings. The van der Waals surface area contributed by atoms with Gasteiger partial charge in [0.25, 0.3) is 0 Å². The molecule has 0 aliphatic heterocycles. The zero-order chi connectivity index (χ0) is 10.7. The summed E-state index contributed by atoms with van der Waals surface area (Å²) < 4.78 is 5.95. The van der Waals surface area contributed by atoms with Gasteiger partial charge in [0.05, 0.1) is 7.11 Å². The maximum Gasteiger partial charge on any atom is 0.325 e. The molecule has 0 aliphatic carbocycles. The second-order valence-electron chi connectivity index (χ2n) is 2.70. The van der Waals surface area contributed by atoms with Crippen LogP contribution in [-0.2, 0) is 4.79 Å². The highest BCUT2D eigenvalue weighted by Gasteiger charge is 2.18. The first-order chi connectivity index (χ1) is 6.56. The first-order valence-corrected chi connectivity index (χ1v) is 4.96. The lowest BCUT2D eigenvalue weighted by molar-refractivity contribution is -0.138. The molecule has 5 heteroatoms. The molecule has 0 bridgehead atoms. The fraction of sp³-hybridized carbons (Fsp3) is 0.222. The molecule has 76 valence electrons. The van der Waals surface area contributed by atoms with Gasteiger partial charge in [0.1, 0.15) is 11.8 Å². The minimum atomic E-state index is -1.06. The van der Waals surface area contributed by atoms with Gasteiger partial charge in [-0.15, -0.1) is 0 Å². The van der Waals surface area contributed by atoms with Crippen LogP contribution in [0.2, 0.25) is 0 Å². The molecule has 1 aromatic carbocycles. The molecule has 0 spiro atoms. The molecule has 0 saturated heterocycles. The van der Waals surface area contributed by atoms with E-state index in [9.17, 15) is 4.79 Å². The maximum absolute atomic E-state index is 10.7. The first kappa shape index (κ1) is 11.3. The van der Waals surface area contributed by atoms with Crippen LogP contribution in [0.25, 0.3) is 0 Å². The van der Waals surface area contributed by atoms with Crippen LogP contribution in [-0.4, -0.2) is 18.2 Å². The zero-order valence-corrected chi connectivity index (χ0v) is 9.69. The number of ether oxygens (including phenoxy) is 1. The van der Waals surface area contributed by atoms with Crippen molar-refractivity contribution in [3.8, 4) is 5.75 Å². The third-order valence-corrected chi connectivity index (χ3v) is 2.46. The number of benzene rings is 1. The molecule has 4 nitrogen and oxygen atoms in total. The summed E-state index contributed by atoms with van der Waals surface area (Å²) in [7, 11) is 1.49. The summed E-state index contributed by atoms with van der Waals surface area (Å²) in [5.74, 6) is -0.564. The van der Waals surface area contributed by atoms with Crippen molar-refractivity contribution in [2.75, 3.05) is 7.11 Å². The average molecular weight is 307 g/mol. The highest BCUT2D eigenvalue weighted by molar-refractivity contribution is 14.1. The standard InChI is InChI=1S/C9H10INO3/c1-14-7-3-2-5(10)4-6(7)8(11)9(12)13/h2-4,8H,11H2,1H3,(H,12,13)/t8-/m1/s1. The lowest BCUT2D eigenvalue weighted by Crippen LogP contribution is -2.21. The van der Waals surface area contributed by atoms with Crippen LogP contribution in [0.5, 0.6) is 5.75 Å². The second kappa shape index (κ2) is 4.61. The average Bonchev–Trinajstić information content (AvgIpc) is 2.16. The van der Waals surface area contributed by atoms with E-state index >= 15 is 0 Å². The highest BCUT2D eigenvalue weighted by Crippen LogP contribution is 2.25. The molecule has 0 saturated carbocycles. The van der Waals surface area contributed by atoms with Crippen LogP contribution < -0.4 is 10.5 Å². The Bertz CT molecular complexity index is 354. The van der Waals surface area contributed by atoms with E-state index in [1.165, 1.54) is 7.11 Å². The fourth-order valence-corrected chi connectivity index (χ4v) is 1.60. The molecule has 0 aliphatic rings. The first-order valence-electron chi connectivity index (χ1n) is 3.88. The Labute approximate surface area is 95.2 Å². The van der Waals surface area contributed by atoms with Crippen molar-refractivity contribution < 1.29 is 14.6 Å². The van der Waals surface area contributed by atoms with Gasteiger partial charge < -0.3 is 15.6 Å². The number of methoxy groups -OCH3 is 1. The van der Waals surface area contributed by atoms with E-state index in [-0.39, 0.29) is 0 Å². The topological polar surface area (TPSA) is 72.5 Å². The van der Waals surface area contributed by atoms with Gasteiger partial charge in [-0.05, 0) is 40.8 Å². The summed E-state index contributed by atoms with van der Waals surface area (Å²) in [5.41, 5.74) is 5.99. The summed E-state index contributed by atoms with van der Waals surface area (Å²) in [5, 5.41) is 8.76. The number of nitrogens with two attached hydrogens (primary N) is 1. The Morgan fingerprint density at radius 2 is 2.29 bits per heavy atom. The number of carbonyl (C=O) groups is 1. The van der Waals surface area contributed by atoms with Crippen molar-refractivity contribution >= 4 is 28.6 Å². The van der Waals surface area contributed by atoms with Gasteiger partial charge in [-0.3, -0.25) is 4.79 Å². The molecule has 0 heterocycles. The summed E-state index contributed by atoms with van der Waals surface area (Å²) in [6.45, 7) is 0. The number of carboxylic acids is 1. The number of hydrogen-bond donors (Lipinski definition) is 2. The zero-order valence-electron chi connectivity index (χ0n) is 7.53. The van der Waals surface area contributed by atoms with Crippen LogP contribution in [0.15, 0.2) is 18.2 Å². The minimum Gasteiger partial charge on any atom is -0.496 e. The van der Waals surface area contributed by atoms with E-state index < -0.39 is 12.0 Å². The Kier molecular flexibility index (Phi) is 3.70. The van der Waals surface area contributed by atoms with Gasteiger partial charge in [-0.2, -0.15) is 0 Å². The van der Waals surface area contributed by atoms with Crippen LogP contribution in [0.3, 0.4) is 0 Å². The summed E-state index contributed by atoms with van der Waals surface area (Å²) in [6.07, 6.45) is 0. The third kappa shape index (κ3) is 2.36. The molecule has 1 rings (SSSR count). The number of aliphatic carboxylic acids is 1. The summed E-state index contributed by atoms with van der Waals surface area (Å²) >= 11 is 2.09. The molecule has 1 atom stereocenters. The van der Waals surface area contributed by atoms with Crippen molar-refractivity contribution in [1.82, 2.24) is 0 Å². The van der Waals surface area contributed by atoms with E-state index in [2.05, 4.69) is 22.6 Å². The van der Waals surface area contributed by atoms with E-state index in [0.717, 1.165) is 3.57 Å². The van der Waals surface area contributed by atoms with Crippen LogP contribution in [0, 0.1) is 3.57 Å². The van der Waals surface area contributed by atoms with Gasteiger partial charge in [0.15, 0.2) is 0 Å². The minimum absolute atomic E-state index is 0.493. The van der Waals surface area contributed by atoms with E-state index in [4.69, 9.17) is 15.6 Å². The molecule has 0 unspecified atom stereocenters. The quantitative estimate of drug-likeness (QED) is 0.828. The fourth-order valence-electron chi connectivity index (χ4n) is 1.08. The number of halogens is 1. The van der Waals surface area contributed by atoms with Crippen LogP contribution in [0.1, 0.15) is 11.6 Å². The Morgan fingerprint density at radius 1 is 1.64 bits per heavy atom. The van der Waals surface area contributed by atoms with Crippen LogP contribution >= 0.6 is 22.6 Å². The molecular weight excluding hydrogens is 297 g/mol. The van der Waals surface area contributed by atoms with Crippen molar-refractivity contribution in [3.05, 3.63) is 27.3 Å². The van der Waals surface area contributed by atoms with E-state index in [1.54, 1.807) is 12.1 Å². The molecular formula is C9H10INO3. The maximum atomic E-state index is 10.7. The van der Waals surface area contributed by atoms with Gasteiger partial charge in [0, 0.05) is 9.13 Å². The van der Waals surface area contributed by atoms with Gasteiger partial charge in [-0.25, -0.2) is 0 Å². The van der Waals surface area contributed by atoms with Gasteiger partial charge in [0.2, 0.25) is 0 Å². The third-order valence-electron chi connectivity index (χ3n) is 1.79. The second-order valence-corrected chi connectivity index (χ2v) is 3.95. The SMILES string of the molecule is COc1ccc(I)cc1[C@@H](N)C(=O)O. The molecule has 0 fully saturated rings. The molecule has 14 heavy (non-hydrogen) atoms. The molecule has 0 aromatic heterocycles. The summed E-state index contributed by atoms with van der Waals surface area (Å²) in [4.78, 5) is 10.7. The predicted octanol–water partition coefficient (Wildman–Crippen LogP) is 1.38. The lowest BCUT2D eigenvalue weighted by atomic mass is 10.1. The van der Waals surface area contributed by atoms with E-state index in [0.29, 0.717) is 11.3 Å². The Morgan fingerprint density at radius 3 is 2.79 bits per heavy atom. The highest BCUT2D eigenvalue weighted by atomic mass is 127. The lowest BCUT2D eigenvalue weighted by Gasteiger charge is -2.12. The molecule has 3 N–H and O–H groups in total. The summed E-state index contributed by atoms with van der Waals surface area (Å²) in [6, 6.07) is 4.20. The van der Waals surface area contributed by atoms with Crippen LogP contribution in [0.4, 0.5) is 0 Å². The Hall–Kier alpha value is -0.820. The van der Waals surface area contributed by atoms with Crippen molar-refractivity contribution in [3.63, 3.8) is 0 Å². The number of rotatable bonds is 3. The number of carboxylic acid groups (broad SMARTS) is 1. The van der Waals surface area contributed by atoms with Crippen molar-refractivity contribution in [2.45, 2.75) is 6.04 Å². The van der Waals surface area contributed by atoms with Gasteiger partial charge in [-0.1, -0.05) is 0 Å². The molecule has 0 amide bonds. The smallest absolute Gasteiger partial charge is 0.325 e. The van der Waals surface area contributed by atoms with Gasteiger partial charge >= 0.3 is 5.97 Å². The largest absolute Gasteiger partial charge is 0.496 e. The number of hydrogen-bond acceptors (Lipinski definition) is 3.